The highest BCUT2D eigenvalue weighted by Crippen LogP contribution is 2.40. The molecule has 0 bridgehead atoms. The molecule has 1 amide bonds. The van der Waals surface area contributed by atoms with Crippen molar-refractivity contribution in [3.63, 3.8) is 0 Å². The Morgan fingerprint density at radius 1 is 1.03 bits per heavy atom. The Kier molecular flexibility index (Phi) is 6.54. The smallest absolute Gasteiger partial charge is 0.295 e. The van der Waals surface area contributed by atoms with Crippen LogP contribution in [0.3, 0.4) is 0 Å². The van der Waals surface area contributed by atoms with Crippen molar-refractivity contribution in [2.45, 2.75) is 6.04 Å². The van der Waals surface area contributed by atoms with E-state index in [4.69, 9.17) is 4.74 Å². The fourth-order valence-electron chi connectivity index (χ4n) is 4.06. The third-order valence-corrected chi connectivity index (χ3v) is 6.36. The number of ketones is 1. The number of fused-ring (bicyclic) bond motifs is 1. The van der Waals surface area contributed by atoms with Crippen molar-refractivity contribution in [1.82, 2.24) is 9.80 Å². The number of hydrogen-bond donors (Lipinski definition) is 1. The first-order valence-electron chi connectivity index (χ1n) is 10.6. The molecule has 1 heterocycles. The molecule has 3 aromatic rings. The molecule has 6 nitrogen and oxygen atoms in total. The highest BCUT2D eigenvalue weighted by atomic mass is 79.9. The van der Waals surface area contributed by atoms with Crippen LogP contribution in [0, 0.1) is 0 Å². The molecule has 4 rings (SSSR count). The molecule has 1 unspecified atom stereocenters. The van der Waals surface area contributed by atoms with E-state index in [2.05, 4.69) is 15.9 Å². The minimum atomic E-state index is -0.672. The Morgan fingerprint density at radius 2 is 1.70 bits per heavy atom. The van der Waals surface area contributed by atoms with Crippen LogP contribution in [0.4, 0.5) is 0 Å². The van der Waals surface area contributed by atoms with Gasteiger partial charge in [0.2, 0.25) is 0 Å². The van der Waals surface area contributed by atoms with Gasteiger partial charge in [-0.05, 0) is 60.8 Å². The van der Waals surface area contributed by atoms with Crippen molar-refractivity contribution in [2.75, 3.05) is 34.3 Å². The van der Waals surface area contributed by atoms with Crippen molar-refractivity contribution in [1.29, 1.82) is 0 Å². The minimum Gasteiger partial charge on any atom is -0.507 e. The van der Waals surface area contributed by atoms with E-state index in [1.54, 1.807) is 18.1 Å². The summed E-state index contributed by atoms with van der Waals surface area (Å²) < 4.78 is 6.17. The first kappa shape index (κ1) is 23.0. The normalized spacial score (nSPS) is 17.8. The second-order valence-electron chi connectivity index (χ2n) is 8.28. The predicted octanol–water partition coefficient (Wildman–Crippen LogP) is 4.59. The molecule has 0 radical (unpaired) electrons. The van der Waals surface area contributed by atoms with Gasteiger partial charge >= 0.3 is 0 Å². The number of likely N-dealkylation sites (N-methyl/N-ethyl adjacent to an activating group) is 1. The van der Waals surface area contributed by atoms with Gasteiger partial charge in [-0.25, -0.2) is 0 Å². The van der Waals surface area contributed by atoms with E-state index in [-0.39, 0.29) is 11.3 Å². The van der Waals surface area contributed by atoms with Crippen molar-refractivity contribution in [3.8, 4) is 5.75 Å². The molecule has 0 aliphatic carbocycles. The average molecular weight is 509 g/mol. The standard InChI is InChI=1S/C26H25BrN2O4/c1-28(2)12-13-29-23(16-6-9-20(27)10-7-16)22(25(31)26(29)32)24(30)19-5-4-18-15-21(33-3)11-8-17(18)14-19/h4-11,14-15,23,30H,12-13H2,1-3H3/b24-22+. The first-order valence-corrected chi connectivity index (χ1v) is 11.4. The molecule has 1 atom stereocenters. The molecule has 3 aromatic carbocycles. The van der Waals surface area contributed by atoms with Crippen LogP contribution in [0.5, 0.6) is 5.75 Å². The maximum atomic E-state index is 13.1. The largest absolute Gasteiger partial charge is 0.507 e. The predicted molar refractivity (Wildman–Crippen MR) is 132 cm³/mol. The molecule has 0 saturated carbocycles. The summed E-state index contributed by atoms with van der Waals surface area (Å²) in [5.41, 5.74) is 1.36. The summed E-state index contributed by atoms with van der Waals surface area (Å²) >= 11 is 3.43. The highest BCUT2D eigenvalue weighted by molar-refractivity contribution is 9.10. The third-order valence-electron chi connectivity index (χ3n) is 5.83. The van der Waals surface area contributed by atoms with Crippen LogP contribution < -0.4 is 4.74 Å². The number of carbonyl (C=O) groups excluding carboxylic acids is 2. The van der Waals surface area contributed by atoms with Crippen LogP contribution in [0.15, 0.2) is 70.7 Å². The molecule has 0 aromatic heterocycles. The fraction of sp³-hybridized carbons (Fsp3) is 0.231. The summed E-state index contributed by atoms with van der Waals surface area (Å²) in [6.45, 7) is 0.963. The number of hydrogen-bond acceptors (Lipinski definition) is 5. The number of amides is 1. The number of likely N-dealkylation sites (tertiary alicyclic amines) is 1. The zero-order chi connectivity index (χ0) is 23.7. The van der Waals surface area contributed by atoms with Gasteiger partial charge in [0.15, 0.2) is 0 Å². The van der Waals surface area contributed by atoms with Gasteiger partial charge in [0.1, 0.15) is 11.5 Å². The Bertz CT molecular complexity index is 1250. The Morgan fingerprint density at radius 3 is 2.36 bits per heavy atom. The molecular weight excluding hydrogens is 484 g/mol. The number of benzene rings is 3. The van der Waals surface area contributed by atoms with E-state index in [1.165, 1.54) is 0 Å². The fourth-order valence-corrected chi connectivity index (χ4v) is 4.33. The maximum Gasteiger partial charge on any atom is 0.295 e. The lowest BCUT2D eigenvalue weighted by Gasteiger charge is -2.26. The molecule has 1 aliphatic heterocycles. The average Bonchev–Trinajstić information content (AvgIpc) is 3.06. The molecule has 1 N–H and O–H groups in total. The summed E-state index contributed by atoms with van der Waals surface area (Å²) in [7, 11) is 5.43. The topological polar surface area (TPSA) is 70.1 Å². The molecule has 1 saturated heterocycles. The van der Waals surface area contributed by atoms with Crippen molar-refractivity contribution >= 4 is 44.2 Å². The zero-order valence-electron chi connectivity index (χ0n) is 18.7. The Labute approximate surface area is 201 Å². The summed E-state index contributed by atoms with van der Waals surface area (Å²) in [4.78, 5) is 29.6. The first-order chi connectivity index (χ1) is 15.8. The van der Waals surface area contributed by atoms with E-state index in [1.807, 2.05) is 73.6 Å². The lowest BCUT2D eigenvalue weighted by atomic mass is 9.94. The lowest BCUT2D eigenvalue weighted by molar-refractivity contribution is -0.140. The molecule has 1 fully saturated rings. The zero-order valence-corrected chi connectivity index (χ0v) is 20.3. The van der Waals surface area contributed by atoms with E-state index < -0.39 is 17.7 Å². The number of nitrogens with zero attached hydrogens (tertiary/aromatic N) is 2. The molecule has 170 valence electrons. The van der Waals surface area contributed by atoms with Gasteiger partial charge < -0.3 is 19.6 Å². The maximum absolute atomic E-state index is 13.1. The van der Waals surface area contributed by atoms with Crippen LogP contribution >= 0.6 is 15.9 Å². The SMILES string of the molecule is COc1ccc2cc(/C(O)=C3\C(=O)C(=O)N(CCN(C)C)C3c3ccc(Br)cc3)ccc2c1. The minimum absolute atomic E-state index is 0.106. The van der Waals surface area contributed by atoms with Gasteiger partial charge in [-0.3, -0.25) is 9.59 Å². The Hall–Kier alpha value is -3.16. The summed E-state index contributed by atoms with van der Waals surface area (Å²) in [6, 6.07) is 17.9. The van der Waals surface area contributed by atoms with Crippen molar-refractivity contribution < 1.29 is 19.4 Å². The van der Waals surface area contributed by atoms with Gasteiger partial charge in [-0.15, -0.1) is 0 Å². The Balaban J connectivity index is 1.84. The van der Waals surface area contributed by atoms with Crippen LogP contribution in [0.1, 0.15) is 17.2 Å². The number of methoxy groups -OCH3 is 1. The quantitative estimate of drug-likeness (QED) is 0.299. The van der Waals surface area contributed by atoms with E-state index in [0.29, 0.717) is 18.7 Å². The monoisotopic (exact) mass is 508 g/mol. The van der Waals surface area contributed by atoms with Crippen LogP contribution in [-0.4, -0.2) is 60.9 Å². The van der Waals surface area contributed by atoms with Gasteiger partial charge in [0.05, 0.1) is 18.7 Å². The summed E-state index contributed by atoms with van der Waals surface area (Å²) in [5, 5.41) is 13.1. The summed E-state index contributed by atoms with van der Waals surface area (Å²) in [5.74, 6) is -0.710. The molecule has 33 heavy (non-hydrogen) atoms. The van der Waals surface area contributed by atoms with E-state index >= 15 is 0 Å². The number of aliphatic hydroxyl groups is 1. The highest BCUT2D eigenvalue weighted by Gasteiger charge is 2.45. The number of aliphatic hydroxyl groups excluding tert-OH is 1. The van der Waals surface area contributed by atoms with Gasteiger partial charge in [-0.2, -0.15) is 0 Å². The molecule has 0 spiro atoms. The lowest BCUT2D eigenvalue weighted by Crippen LogP contribution is -2.35. The second-order valence-corrected chi connectivity index (χ2v) is 9.19. The second kappa shape index (κ2) is 9.37. The molecular formula is C26H25BrN2O4. The number of Topliss-reactive ketones (excluding diaryl/α,β-unsaturated/α-hetero) is 1. The van der Waals surface area contributed by atoms with Gasteiger partial charge in [0.25, 0.3) is 11.7 Å². The van der Waals surface area contributed by atoms with Crippen LogP contribution in [0.25, 0.3) is 16.5 Å². The molecule has 7 heteroatoms. The van der Waals surface area contributed by atoms with Gasteiger partial charge in [-0.1, -0.05) is 46.3 Å². The van der Waals surface area contributed by atoms with Crippen molar-refractivity contribution in [3.05, 3.63) is 81.8 Å². The van der Waals surface area contributed by atoms with E-state index in [9.17, 15) is 14.7 Å². The summed E-state index contributed by atoms with van der Waals surface area (Å²) in [6.07, 6.45) is 0. The van der Waals surface area contributed by atoms with Crippen LogP contribution in [-0.2, 0) is 9.59 Å². The van der Waals surface area contributed by atoms with E-state index in [0.717, 1.165) is 26.6 Å². The molecule has 1 aliphatic rings. The number of halogens is 1. The van der Waals surface area contributed by atoms with Crippen molar-refractivity contribution in [2.24, 2.45) is 0 Å². The third kappa shape index (κ3) is 4.51. The van der Waals surface area contributed by atoms with Crippen LogP contribution in [0.2, 0.25) is 0 Å². The number of ether oxygens (including phenoxy) is 1. The number of rotatable bonds is 6. The van der Waals surface area contributed by atoms with Gasteiger partial charge in [0, 0.05) is 23.1 Å². The number of carbonyl (C=O) groups is 2.